The van der Waals surface area contributed by atoms with E-state index in [2.05, 4.69) is 51.0 Å². The third-order valence-corrected chi connectivity index (χ3v) is 3.39. The van der Waals surface area contributed by atoms with Gasteiger partial charge in [0.25, 0.3) is 0 Å². The van der Waals surface area contributed by atoms with Gasteiger partial charge in [-0.05, 0) is 43.0 Å². The van der Waals surface area contributed by atoms with Gasteiger partial charge in [0.05, 0.1) is 11.4 Å². The van der Waals surface area contributed by atoms with Crippen LogP contribution < -0.4 is 4.74 Å². The fourth-order valence-corrected chi connectivity index (χ4v) is 2.20. The predicted molar refractivity (Wildman–Crippen MR) is 82.1 cm³/mol. The molecule has 0 amide bonds. The molecule has 1 aromatic heterocycles. The van der Waals surface area contributed by atoms with E-state index in [0.717, 1.165) is 23.7 Å². The number of nitrogens with zero attached hydrogens (tertiary/aromatic N) is 2. The van der Waals surface area contributed by atoms with Crippen LogP contribution in [0.5, 0.6) is 5.75 Å². The normalized spacial score (nSPS) is 11.7. The molecule has 0 bridgehead atoms. The van der Waals surface area contributed by atoms with Gasteiger partial charge in [-0.3, -0.25) is 4.68 Å². The topological polar surface area (TPSA) is 27.1 Å². The minimum atomic E-state index is 0.177. The Labute approximate surface area is 121 Å². The van der Waals surface area contributed by atoms with E-state index in [1.807, 2.05) is 23.7 Å². The van der Waals surface area contributed by atoms with Crippen molar-refractivity contribution in [1.82, 2.24) is 9.78 Å². The fourth-order valence-electron chi connectivity index (χ4n) is 2.20. The van der Waals surface area contributed by atoms with Crippen molar-refractivity contribution < 1.29 is 4.74 Å². The highest BCUT2D eigenvalue weighted by atomic mass is 16.5. The van der Waals surface area contributed by atoms with Crippen LogP contribution in [-0.4, -0.2) is 9.78 Å². The first kappa shape index (κ1) is 14.6. The molecule has 108 valence electrons. The van der Waals surface area contributed by atoms with Crippen LogP contribution in [0.2, 0.25) is 0 Å². The summed E-state index contributed by atoms with van der Waals surface area (Å²) < 4.78 is 7.84. The summed E-state index contributed by atoms with van der Waals surface area (Å²) in [5, 5.41) is 4.42. The van der Waals surface area contributed by atoms with Crippen LogP contribution in [0.3, 0.4) is 0 Å². The van der Waals surface area contributed by atoms with E-state index in [1.54, 1.807) is 0 Å². The highest BCUT2D eigenvalue weighted by molar-refractivity contribution is 5.31. The minimum absolute atomic E-state index is 0.177. The van der Waals surface area contributed by atoms with Crippen LogP contribution in [0.15, 0.2) is 30.3 Å². The average Bonchev–Trinajstić information content (AvgIpc) is 2.76. The number of benzene rings is 1. The summed E-state index contributed by atoms with van der Waals surface area (Å²) in [6, 6.07) is 10.4. The summed E-state index contributed by atoms with van der Waals surface area (Å²) in [5.41, 5.74) is 3.65. The Morgan fingerprint density at radius 3 is 2.35 bits per heavy atom. The number of hydrogen-bond donors (Lipinski definition) is 0. The molecule has 0 radical (unpaired) electrons. The molecule has 3 nitrogen and oxygen atoms in total. The second-order valence-electron chi connectivity index (χ2n) is 6.16. The van der Waals surface area contributed by atoms with Crippen LogP contribution in [0.1, 0.15) is 44.6 Å². The summed E-state index contributed by atoms with van der Waals surface area (Å²) in [5.74, 6) is 0.902. The van der Waals surface area contributed by atoms with Crippen molar-refractivity contribution in [3.05, 3.63) is 47.3 Å². The number of hydrogen-bond acceptors (Lipinski definition) is 2. The van der Waals surface area contributed by atoms with Gasteiger partial charge in [0, 0.05) is 6.54 Å². The lowest BCUT2D eigenvalue weighted by atomic mass is 9.87. The van der Waals surface area contributed by atoms with E-state index in [1.165, 1.54) is 5.56 Å². The molecule has 0 unspecified atom stereocenters. The quantitative estimate of drug-likeness (QED) is 0.838. The van der Waals surface area contributed by atoms with Crippen molar-refractivity contribution in [2.75, 3.05) is 0 Å². The van der Waals surface area contributed by atoms with E-state index in [0.29, 0.717) is 6.61 Å². The van der Waals surface area contributed by atoms with Crippen molar-refractivity contribution >= 4 is 0 Å². The lowest BCUT2D eigenvalue weighted by Crippen LogP contribution is -2.10. The maximum atomic E-state index is 5.85. The molecule has 0 saturated carbocycles. The first-order valence-corrected chi connectivity index (χ1v) is 7.17. The largest absolute Gasteiger partial charge is 0.487 e. The van der Waals surface area contributed by atoms with E-state index < -0.39 is 0 Å². The number of ether oxygens (including phenoxy) is 1. The Hall–Kier alpha value is -1.77. The maximum Gasteiger partial charge on any atom is 0.130 e. The predicted octanol–water partition coefficient (Wildman–Crippen LogP) is 4.09. The van der Waals surface area contributed by atoms with Crippen LogP contribution in [-0.2, 0) is 18.6 Å². The van der Waals surface area contributed by atoms with Gasteiger partial charge in [0.1, 0.15) is 12.4 Å². The maximum absolute atomic E-state index is 5.85. The molecule has 0 spiro atoms. The second-order valence-corrected chi connectivity index (χ2v) is 6.16. The van der Waals surface area contributed by atoms with Gasteiger partial charge in [0.15, 0.2) is 0 Å². The van der Waals surface area contributed by atoms with Crippen molar-refractivity contribution in [3.8, 4) is 5.75 Å². The van der Waals surface area contributed by atoms with Gasteiger partial charge < -0.3 is 4.74 Å². The number of aryl methyl sites for hydroxylation is 2. The van der Waals surface area contributed by atoms with Crippen LogP contribution in [0.25, 0.3) is 0 Å². The molecule has 20 heavy (non-hydrogen) atoms. The van der Waals surface area contributed by atoms with E-state index in [9.17, 15) is 0 Å². The Morgan fingerprint density at radius 2 is 1.80 bits per heavy atom. The standard InChI is InChI=1S/C17H24N2O/c1-6-19-15(11-13(2)18-19)12-20-16-9-7-14(8-10-16)17(3,4)5/h7-11H,6,12H2,1-5H3. The Kier molecular flexibility index (Phi) is 4.17. The smallest absolute Gasteiger partial charge is 0.130 e. The van der Waals surface area contributed by atoms with Gasteiger partial charge in [-0.15, -0.1) is 0 Å². The number of aromatic nitrogens is 2. The molecular weight excluding hydrogens is 248 g/mol. The molecule has 2 aromatic rings. The molecule has 1 aromatic carbocycles. The zero-order chi connectivity index (χ0) is 14.8. The third kappa shape index (κ3) is 3.41. The molecule has 1 heterocycles. The van der Waals surface area contributed by atoms with Crippen molar-refractivity contribution in [2.45, 2.75) is 53.2 Å². The van der Waals surface area contributed by atoms with Crippen molar-refractivity contribution in [3.63, 3.8) is 0 Å². The summed E-state index contributed by atoms with van der Waals surface area (Å²) >= 11 is 0. The first-order chi connectivity index (χ1) is 9.40. The van der Waals surface area contributed by atoms with Crippen molar-refractivity contribution in [1.29, 1.82) is 0 Å². The highest BCUT2D eigenvalue weighted by Crippen LogP contribution is 2.24. The van der Waals surface area contributed by atoms with E-state index in [4.69, 9.17) is 4.74 Å². The SMILES string of the molecule is CCn1nc(C)cc1COc1ccc(C(C)(C)C)cc1. The molecule has 0 fully saturated rings. The zero-order valence-electron chi connectivity index (χ0n) is 13.1. The Morgan fingerprint density at radius 1 is 1.15 bits per heavy atom. The molecule has 0 aliphatic heterocycles. The van der Waals surface area contributed by atoms with Gasteiger partial charge >= 0.3 is 0 Å². The van der Waals surface area contributed by atoms with Gasteiger partial charge in [-0.25, -0.2) is 0 Å². The molecule has 0 N–H and O–H groups in total. The van der Waals surface area contributed by atoms with Crippen LogP contribution >= 0.6 is 0 Å². The Bertz CT molecular complexity index is 562. The minimum Gasteiger partial charge on any atom is -0.487 e. The van der Waals surface area contributed by atoms with Crippen molar-refractivity contribution in [2.24, 2.45) is 0 Å². The number of rotatable bonds is 4. The molecular formula is C17H24N2O. The molecule has 3 heteroatoms. The summed E-state index contributed by atoms with van der Waals surface area (Å²) in [4.78, 5) is 0. The Balaban J connectivity index is 2.04. The first-order valence-electron chi connectivity index (χ1n) is 7.17. The van der Waals surface area contributed by atoms with Gasteiger partial charge in [-0.2, -0.15) is 5.10 Å². The highest BCUT2D eigenvalue weighted by Gasteiger charge is 2.13. The summed E-state index contributed by atoms with van der Waals surface area (Å²) in [7, 11) is 0. The molecule has 0 saturated heterocycles. The van der Waals surface area contributed by atoms with Crippen LogP contribution in [0.4, 0.5) is 0 Å². The van der Waals surface area contributed by atoms with Gasteiger partial charge in [0.2, 0.25) is 0 Å². The zero-order valence-corrected chi connectivity index (χ0v) is 13.1. The molecule has 0 aliphatic carbocycles. The average molecular weight is 272 g/mol. The summed E-state index contributed by atoms with van der Waals surface area (Å²) in [6.07, 6.45) is 0. The summed E-state index contributed by atoms with van der Waals surface area (Å²) in [6.45, 7) is 12.2. The van der Waals surface area contributed by atoms with E-state index >= 15 is 0 Å². The lowest BCUT2D eigenvalue weighted by molar-refractivity contribution is 0.292. The molecule has 0 atom stereocenters. The monoisotopic (exact) mass is 272 g/mol. The molecule has 0 aliphatic rings. The van der Waals surface area contributed by atoms with Crippen LogP contribution in [0, 0.1) is 6.92 Å². The lowest BCUT2D eigenvalue weighted by Gasteiger charge is -2.19. The third-order valence-electron chi connectivity index (χ3n) is 3.39. The van der Waals surface area contributed by atoms with Gasteiger partial charge in [-0.1, -0.05) is 32.9 Å². The second kappa shape index (κ2) is 5.70. The fraction of sp³-hybridized carbons (Fsp3) is 0.471. The van der Waals surface area contributed by atoms with E-state index in [-0.39, 0.29) is 5.41 Å². The molecule has 2 rings (SSSR count).